The van der Waals surface area contributed by atoms with Gasteiger partial charge in [-0.25, -0.2) is 0 Å². The first-order chi connectivity index (χ1) is 6.11. The summed E-state index contributed by atoms with van der Waals surface area (Å²) in [6.45, 7) is 0. The molecule has 2 atom stereocenters. The van der Waals surface area contributed by atoms with Crippen LogP contribution in [0.15, 0.2) is 36.0 Å². The number of aliphatic hydroxyl groups is 2. The van der Waals surface area contributed by atoms with Gasteiger partial charge in [-0.05, 0) is 11.6 Å². The molecule has 4 nitrogen and oxygen atoms in total. The molecule has 13 heavy (non-hydrogen) atoms. The number of carboxylic acid groups (broad SMARTS) is 1. The highest BCUT2D eigenvalue weighted by Crippen LogP contribution is 2.14. The van der Waals surface area contributed by atoms with Crippen molar-refractivity contribution in [1.82, 2.24) is 0 Å². The fraction of sp³-hybridized carbons (Fsp3) is 0.222. The van der Waals surface area contributed by atoms with Gasteiger partial charge in [0.25, 0.3) is 0 Å². The van der Waals surface area contributed by atoms with Crippen LogP contribution in [0.25, 0.3) is 0 Å². The van der Waals surface area contributed by atoms with E-state index in [4.69, 9.17) is 5.11 Å². The van der Waals surface area contributed by atoms with Crippen LogP contribution in [0.3, 0.4) is 0 Å². The first-order valence-corrected chi connectivity index (χ1v) is 3.75. The Morgan fingerprint density at radius 1 is 1.54 bits per heavy atom. The third-order valence-electron chi connectivity index (χ3n) is 1.67. The Labute approximate surface area is 75.1 Å². The Morgan fingerprint density at radius 2 is 2.23 bits per heavy atom. The number of rotatable bonds is 2. The SMILES string of the molecule is O=C([O-])/C=C/C1=CC=C[C@@H](O)[C@H]1O. The molecule has 0 aliphatic heterocycles. The molecule has 0 heterocycles. The number of hydrogen-bond acceptors (Lipinski definition) is 4. The third-order valence-corrected chi connectivity index (χ3v) is 1.67. The minimum atomic E-state index is -1.34. The number of hydrogen-bond donors (Lipinski definition) is 2. The van der Waals surface area contributed by atoms with Gasteiger partial charge < -0.3 is 20.1 Å². The molecule has 0 fully saturated rings. The first kappa shape index (κ1) is 9.70. The van der Waals surface area contributed by atoms with Crippen molar-refractivity contribution in [3.8, 4) is 0 Å². The maximum Gasteiger partial charge on any atom is 0.108 e. The van der Waals surface area contributed by atoms with Gasteiger partial charge in [0.05, 0.1) is 5.97 Å². The van der Waals surface area contributed by atoms with E-state index < -0.39 is 18.2 Å². The molecule has 0 amide bonds. The predicted molar refractivity (Wildman–Crippen MR) is 43.4 cm³/mol. The molecule has 0 saturated carbocycles. The van der Waals surface area contributed by atoms with E-state index in [2.05, 4.69) is 0 Å². The maximum atomic E-state index is 10.0. The maximum absolute atomic E-state index is 10.0. The smallest absolute Gasteiger partial charge is 0.108 e. The van der Waals surface area contributed by atoms with Gasteiger partial charge in [-0.2, -0.15) is 0 Å². The monoisotopic (exact) mass is 181 g/mol. The third kappa shape index (κ3) is 2.54. The van der Waals surface area contributed by atoms with Crippen LogP contribution in [-0.2, 0) is 4.79 Å². The van der Waals surface area contributed by atoms with E-state index in [9.17, 15) is 15.0 Å². The van der Waals surface area contributed by atoms with Gasteiger partial charge in [-0.1, -0.05) is 24.3 Å². The second-order valence-corrected chi connectivity index (χ2v) is 2.64. The van der Waals surface area contributed by atoms with Crippen molar-refractivity contribution >= 4 is 5.97 Å². The predicted octanol–water partition coefficient (Wildman–Crippen LogP) is -1.49. The molecule has 2 N–H and O–H groups in total. The van der Waals surface area contributed by atoms with Crippen LogP contribution in [0.4, 0.5) is 0 Å². The highest BCUT2D eigenvalue weighted by Gasteiger charge is 2.18. The molecule has 0 aromatic heterocycles. The van der Waals surface area contributed by atoms with Gasteiger partial charge in [-0.15, -0.1) is 0 Å². The zero-order chi connectivity index (χ0) is 9.84. The Kier molecular flexibility index (Phi) is 3.00. The average Bonchev–Trinajstić information content (AvgIpc) is 2.07. The highest BCUT2D eigenvalue weighted by atomic mass is 16.4. The lowest BCUT2D eigenvalue weighted by Gasteiger charge is -2.18. The molecule has 1 rings (SSSR count). The fourth-order valence-electron chi connectivity index (χ4n) is 1.000. The van der Waals surface area contributed by atoms with E-state index in [1.165, 1.54) is 18.2 Å². The van der Waals surface area contributed by atoms with Gasteiger partial charge in [0, 0.05) is 0 Å². The standard InChI is InChI=1S/C9H10O4/c10-7-3-1-2-6(9(7)13)4-5-8(11)12/h1-5,7,9-10,13H,(H,11,12)/p-1/b5-4+/t7-,9+/m1/s1. The second kappa shape index (κ2) is 4.02. The second-order valence-electron chi connectivity index (χ2n) is 2.64. The van der Waals surface area contributed by atoms with Gasteiger partial charge in [0.1, 0.15) is 12.2 Å². The Bertz CT molecular complexity index is 288. The minimum absolute atomic E-state index is 0.346. The molecule has 1 aliphatic rings. The van der Waals surface area contributed by atoms with Gasteiger partial charge in [0.15, 0.2) is 0 Å². The molecule has 4 heteroatoms. The number of carboxylic acids is 1. The molecule has 0 unspecified atom stereocenters. The fourth-order valence-corrected chi connectivity index (χ4v) is 1.000. The van der Waals surface area contributed by atoms with E-state index in [-0.39, 0.29) is 0 Å². The highest BCUT2D eigenvalue weighted by molar-refractivity contribution is 5.78. The minimum Gasteiger partial charge on any atom is -0.545 e. The summed E-state index contributed by atoms with van der Waals surface area (Å²) in [6, 6.07) is 0. The first-order valence-electron chi connectivity index (χ1n) is 3.75. The van der Waals surface area contributed by atoms with Crippen molar-refractivity contribution in [2.24, 2.45) is 0 Å². The van der Waals surface area contributed by atoms with Crippen molar-refractivity contribution in [3.05, 3.63) is 36.0 Å². The molecule has 0 aromatic rings. The van der Waals surface area contributed by atoms with E-state index >= 15 is 0 Å². The van der Waals surface area contributed by atoms with Crippen LogP contribution in [0, 0.1) is 0 Å². The van der Waals surface area contributed by atoms with Crippen LogP contribution in [0.2, 0.25) is 0 Å². The van der Waals surface area contributed by atoms with Crippen LogP contribution < -0.4 is 5.11 Å². The van der Waals surface area contributed by atoms with Crippen LogP contribution in [0.5, 0.6) is 0 Å². The summed E-state index contributed by atoms with van der Waals surface area (Å²) in [5.41, 5.74) is 0.346. The largest absolute Gasteiger partial charge is 0.545 e. The molecule has 0 spiro atoms. The summed E-state index contributed by atoms with van der Waals surface area (Å²) in [7, 11) is 0. The van der Waals surface area contributed by atoms with E-state index in [1.54, 1.807) is 6.08 Å². The lowest BCUT2D eigenvalue weighted by Crippen LogP contribution is -2.27. The summed E-state index contributed by atoms with van der Waals surface area (Å²) in [5, 5.41) is 28.5. The lowest BCUT2D eigenvalue weighted by molar-refractivity contribution is -0.297. The Hall–Kier alpha value is -1.39. The number of carbonyl (C=O) groups excluding carboxylic acids is 1. The Balaban J connectivity index is 2.74. The van der Waals surface area contributed by atoms with Crippen molar-refractivity contribution in [2.45, 2.75) is 12.2 Å². The molecular weight excluding hydrogens is 172 g/mol. The van der Waals surface area contributed by atoms with Gasteiger partial charge in [0.2, 0.25) is 0 Å². The molecule has 1 aliphatic carbocycles. The molecule has 70 valence electrons. The van der Waals surface area contributed by atoms with Crippen molar-refractivity contribution < 1.29 is 20.1 Å². The zero-order valence-corrected chi connectivity index (χ0v) is 6.75. The summed E-state index contributed by atoms with van der Waals surface area (Å²) >= 11 is 0. The molecule has 0 saturated heterocycles. The number of aliphatic hydroxyl groups excluding tert-OH is 2. The topological polar surface area (TPSA) is 80.6 Å². The van der Waals surface area contributed by atoms with Crippen LogP contribution in [0.1, 0.15) is 0 Å². The van der Waals surface area contributed by atoms with Gasteiger partial charge >= 0.3 is 0 Å². The van der Waals surface area contributed by atoms with Crippen molar-refractivity contribution in [3.63, 3.8) is 0 Å². The lowest BCUT2D eigenvalue weighted by atomic mass is 9.99. The molecule has 0 radical (unpaired) electrons. The van der Waals surface area contributed by atoms with E-state index in [0.29, 0.717) is 5.57 Å². The average molecular weight is 181 g/mol. The van der Waals surface area contributed by atoms with Crippen LogP contribution in [-0.4, -0.2) is 28.4 Å². The molecule has 0 aromatic carbocycles. The normalized spacial score (nSPS) is 27.7. The van der Waals surface area contributed by atoms with E-state index in [1.807, 2.05) is 0 Å². The van der Waals surface area contributed by atoms with Crippen molar-refractivity contribution in [2.75, 3.05) is 0 Å². The number of allylic oxidation sites excluding steroid dienone is 2. The van der Waals surface area contributed by atoms with Gasteiger partial charge in [-0.3, -0.25) is 0 Å². The summed E-state index contributed by atoms with van der Waals surface area (Å²) in [5.74, 6) is -1.34. The summed E-state index contributed by atoms with van der Waals surface area (Å²) < 4.78 is 0. The van der Waals surface area contributed by atoms with Crippen molar-refractivity contribution in [1.29, 1.82) is 0 Å². The number of carbonyl (C=O) groups is 1. The summed E-state index contributed by atoms with van der Waals surface area (Å²) in [4.78, 5) is 10.0. The molecular formula is C9H9O4-. The Morgan fingerprint density at radius 3 is 2.85 bits per heavy atom. The number of aliphatic carboxylic acids is 1. The molecule has 0 bridgehead atoms. The van der Waals surface area contributed by atoms with E-state index in [0.717, 1.165) is 6.08 Å². The summed E-state index contributed by atoms with van der Waals surface area (Å²) in [6.07, 6.45) is 4.45. The van der Waals surface area contributed by atoms with Crippen LogP contribution >= 0.6 is 0 Å². The zero-order valence-electron chi connectivity index (χ0n) is 6.75. The quantitative estimate of drug-likeness (QED) is 0.508.